The first kappa shape index (κ1) is 15.7. The normalized spacial score (nSPS) is 16.1. The molecule has 1 amide bonds. The fourth-order valence-electron chi connectivity index (χ4n) is 2.07. The molecule has 6 nitrogen and oxygen atoms in total. The van der Waals surface area contributed by atoms with Gasteiger partial charge in [0.15, 0.2) is 8.68 Å². The summed E-state index contributed by atoms with van der Waals surface area (Å²) in [5, 5.41) is 0. The third kappa shape index (κ3) is 3.13. The van der Waals surface area contributed by atoms with Gasteiger partial charge in [0.05, 0.1) is 12.2 Å². The largest absolute Gasteiger partial charge is 0.342 e. The zero-order valence-corrected chi connectivity index (χ0v) is 13.7. The van der Waals surface area contributed by atoms with Gasteiger partial charge in [0.1, 0.15) is 0 Å². The van der Waals surface area contributed by atoms with Crippen molar-refractivity contribution in [2.75, 3.05) is 26.7 Å². The second-order valence-corrected chi connectivity index (χ2v) is 8.51. The summed E-state index contributed by atoms with van der Waals surface area (Å²) in [5.41, 5.74) is 0.362. The summed E-state index contributed by atoms with van der Waals surface area (Å²) in [4.78, 5) is 17.6. The average Bonchev–Trinajstić information content (AvgIpc) is 2.98. The number of hydrogen-bond acceptors (Lipinski definition) is 5. The van der Waals surface area contributed by atoms with Gasteiger partial charge in [0.25, 0.3) is 10.0 Å². The summed E-state index contributed by atoms with van der Waals surface area (Å²) >= 11 is 6.64. The molecule has 0 N–H and O–H groups in total. The van der Waals surface area contributed by atoms with Crippen molar-refractivity contribution in [3.05, 3.63) is 10.2 Å². The quantitative estimate of drug-likeness (QED) is 0.831. The highest BCUT2D eigenvalue weighted by atomic mass is 35.5. The van der Waals surface area contributed by atoms with E-state index in [1.54, 1.807) is 11.8 Å². The van der Waals surface area contributed by atoms with Crippen LogP contribution in [-0.4, -0.2) is 55.2 Å². The van der Waals surface area contributed by atoms with E-state index in [1.807, 2.05) is 0 Å². The Bertz CT molecular complexity index is 608. The van der Waals surface area contributed by atoms with Crippen LogP contribution in [-0.2, 0) is 14.8 Å². The first-order chi connectivity index (χ1) is 9.32. The van der Waals surface area contributed by atoms with Crippen molar-refractivity contribution in [1.29, 1.82) is 0 Å². The SMILES string of the molecule is Cc1nc(Cl)sc1S(=O)(=O)N(C)CC(=O)N1CCCC1. The summed E-state index contributed by atoms with van der Waals surface area (Å²) in [5.74, 6) is -0.165. The van der Waals surface area contributed by atoms with Crippen LogP contribution in [0.25, 0.3) is 0 Å². The number of carbonyl (C=O) groups is 1. The van der Waals surface area contributed by atoms with Crippen molar-refractivity contribution < 1.29 is 13.2 Å². The molecule has 0 bridgehead atoms. The molecule has 0 radical (unpaired) electrons. The third-order valence-electron chi connectivity index (χ3n) is 3.19. The van der Waals surface area contributed by atoms with E-state index < -0.39 is 10.0 Å². The molecular formula is C11H16ClN3O3S2. The van der Waals surface area contributed by atoms with E-state index in [-0.39, 0.29) is 21.1 Å². The van der Waals surface area contributed by atoms with Crippen LogP contribution >= 0.6 is 22.9 Å². The number of aromatic nitrogens is 1. The van der Waals surface area contributed by atoms with Gasteiger partial charge >= 0.3 is 0 Å². The standard InChI is InChI=1S/C11H16ClN3O3S2/c1-8-10(19-11(12)13-8)20(17,18)14(2)7-9(16)15-5-3-4-6-15/h3-7H2,1-2H3. The highest BCUT2D eigenvalue weighted by molar-refractivity contribution is 7.91. The van der Waals surface area contributed by atoms with Gasteiger partial charge in [0, 0.05) is 20.1 Å². The van der Waals surface area contributed by atoms with Crippen LogP contribution < -0.4 is 0 Å². The van der Waals surface area contributed by atoms with E-state index in [2.05, 4.69) is 4.98 Å². The number of likely N-dealkylation sites (tertiary alicyclic amines) is 1. The van der Waals surface area contributed by atoms with Crippen molar-refractivity contribution in [3.8, 4) is 0 Å². The van der Waals surface area contributed by atoms with Crippen LogP contribution in [0.3, 0.4) is 0 Å². The lowest BCUT2D eigenvalue weighted by molar-refractivity contribution is -0.130. The van der Waals surface area contributed by atoms with E-state index in [0.717, 1.165) is 28.5 Å². The summed E-state index contributed by atoms with van der Waals surface area (Å²) in [6.07, 6.45) is 1.96. The lowest BCUT2D eigenvalue weighted by Gasteiger charge is -2.20. The van der Waals surface area contributed by atoms with Crippen LogP contribution in [0.4, 0.5) is 0 Å². The molecule has 1 aromatic rings. The molecule has 20 heavy (non-hydrogen) atoms. The van der Waals surface area contributed by atoms with E-state index in [4.69, 9.17) is 11.6 Å². The number of rotatable bonds is 4. The fraction of sp³-hybridized carbons (Fsp3) is 0.636. The highest BCUT2D eigenvalue weighted by Gasteiger charge is 2.29. The molecular weight excluding hydrogens is 322 g/mol. The predicted octanol–water partition coefficient (Wildman–Crippen LogP) is 1.35. The Morgan fingerprint density at radius 2 is 2.05 bits per heavy atom. The Hall–Kier alpha value is -0.700. The number of aryl methyl sites for hydroxylation is 1. The Balaban J connectivity index is 2.13. The lowest BCUT2D eigenvalue weighted by atomic mass is 10.4. The Morgan fingerprint density at radius 3 is 2.55 bits per heavy atom. The van der Waals surface area contributed by atoms with Crippen molar-refractivity contribution in [2.45, 2.75) is 24.0 Å². The first-order valence-corrected chi connectivity index (χ1v) is 8.83. The number of hydrogen-bond donors (Lipinski definition) is 0. The minimum Gasteiger partial charge on any atom is -0.342 e. The summed E-state index contributed by atoms with van der Waals surface area (Å²) < 4.78 is 26.1. The first-order valence-electron chi connectivity index (χ1n) is 6.19. The molecule has 0 unspecified atom stereocenters. The molecule has 2 rings (SSSR count). The molecule has 0 aliphatic carbocycles. The average molecular weight is 338 g/mol. The number of carbonyl (C=O) groups excluding carboxylic acids is 1. The topological polar surface area (TPSA) is 70.6 Å². The van der Waals surface area contributed by atoms with Crippen molar-refractivity contribution in [1.82, 2.24) is 14.2 Å². The van der Waals surface area contributed by atoms with Crippen LogP contribution in [0.5, 0.6) is 0 Å². The smallest absolute Gasteiger partial charge is 0.254 e. The minimum atomic E-state index is -3.72. The van der Waals surface area contributed by atoms with Crippen molar-refractivity contribution in [2.24, 2.45) is 0 Å². The maximum atomic E-state index is 12.4. The van der Waals surface area contributed by atoms with Gasteiger partial charge in [-0.3, -0.25) is 4.79 Å². The molecule has 0 atom stereocenters. The number of nitrogens with zero attached hydrogens (tertiary/aromatic N) is 3. The zero-order chi connectivity index (χ0) is 14.9. The van der Waals surface area contributed by atoms with Crippen LogP contribution in [0, 0.1) is 6.92 Å². The van der Waals surface area contributed by atoms with Gasteiger partial charge in [-0.05, 0) is 19.8 Å². The lowest BCUT2D eigenvalue weighted by Crippen LogP contribution is -2.39. The Morgan fingerprint density at radius 1 is 1.45 bits per heavy atom. The van der Waals surface area contributed by atoms with E-state index in [9.17, 15) is 13.2 Å². The number of likely N-dealkylation sites (N-methyl/N-ethyl adjacent to an activating group) is 1. The van der Waals surface area contributed by atoms with Gasteiger partial charge in [-0.15, -0.1) is 0 Å². The van der Waals surface area contributed by atoms with Crippen LogP contribution in [0.1, 0.15) is 18.5 Å². The summed E-state index contributed by atoms with van der Waals surface area (Å²) in [6, 6.07) is 0. The van der Waals surface area contributed by atoms with Crippen molar-refractivity contribution >= 4 is 38.9 Å². The van der Waals surface area contributed by atoms with Crippen LogP contribution in [0.2, 0.25) is 4.47 Å². The van der Waals surface area contributed by atoms with Crippen LogP contribution in [0.15, 0.2) is 4.21 Å². The molecule has 1 saturated heterocycles. The summed E-state index contributed by atoms with van der Waals surface area (Å²) in [6.45, 7) is 2.85. The minimum absolute atomic E-state index is 0.0965. The monoisotopic (exact) mass is 337 g/mol. The van der Waals surface area contributed by atoms with E-state index in [0.29, 0.717) is 18.8 Å². The molecule has 1 aromatic heterocycles. The van der Waals surface area contributed by atoms with Gasteiger partial charge in [-0.1, -0.05) is 22.9 Å². The van der Waals surface area contributed by atoms with Gasteiger partial charge < -0.3 is 4.90 Å². The molecule has 1 aliphatic rings. The Kier molecular flexibility index (Phi) is 4.68. The molecule has 1 aliphatic heterocycles. The van der Waals surface area contributed by atoms with E-state index in [1.165, 1.54) is 7.05 Å². The second kappa shape index (κ2) is 5.97. The molecule has 2 heterocycles. The van der Waals surface area contributed by atoms with Gasteiger partial charge in [-0.2, -0.15) is 4.31 Å². The molecule has 112 valence electrons. The highest BCUT2D eigenvalue weighted by Crippen LogP contribution is 2.28. The van der Waals surface area contributed by atoms with E-state index >= 15 is 0 Å². The second-order valence-electron chi connectivity index (χ2n) is 4.69. The molecule has 0 spiro atoms. The fourth-order valence-corrected chi connectivity index (χ4v) is 5.12. The molecule has 1 fully saturated rings. The number of sulfonamides is 1. The number of thiazole rings is 1. The molecule has 0 saturated carbocycles. The summed E-state index contributed by atoms with van der Waals surface area (Å²) in [7, 11) is -2.32. The number of halogens is 1. The Labute approximate surface area is 127 Å². The zero-order valence-electron chi connectivity index (χ0n) is 11.3. The van der Waals surface area contributed by atoms with Gasteiger partial charge in [-0.25, -0.2) is 13.4 Å². The third-order valence-corrected chi connectivity index (χ3v) is 6.84. The van der Waals surface area contributed by atoms with Crippen molar-refractivity contribution in [3.63, 3.8) is 0 Å². The predicted molar refractivity (Wildman–Crippen MR) is 77.5 cm³/mol. The molecule has 0 aromatic carbocycles. The number of amides is 1. The maximum absolute atomic E-state index is 12.4. The molecule has 9 heteroatoms. The van der Waals surface area contributed by atoms with Gasteiger partial charge in [0.2, 0.25) is 5.91 Å². The maximum Gasteiger partial charge on any atom is 0.254 e.